The van der Waals surface area contributed by atoms with Gasteiger partial charge in [-0.05, 0) is 45.2 Å². The van der Waals surface area contributed by atoms with Crippen LogP contribution in [0.3, 0.4) is 0 Å². The van der Waals surface area contributed by atoms with Gasteiger partial charge in [0, 0.05) is 37.9 Å². The van der Waals surface area contributed by atoms with Gasteiger partial charge in [0.1, 0.15) is 18.1 Å². The van der Waals surface area contributed by atoms with E-state index in [1.165, 1.54) is 5.69 Å². The summed E-state index contributed by atoms with van der Waals surface area (Å²) in [6.45, 7) is 10.2. The minimum Gasteiger partial charge on any atom is -0.497 e. The quantitative estimate of drug-likeness (QED) is 0.564. The summed E-state index contributed by atoms with van der Waals surface area (Å²) in [4.78, 5) is 11.4. The maximum absolute atomic E-state index is 5.61. The highest BCUT2D eigenvalue weighted by Crippen LogP contribution is 2.26. The van der Waals surface area contributed by atoms with Crippen LogP contribution >= 0.6 is 0 Å². The molecule has 1 saturated heterocycles. The minimum absolute atomic E-state index is 0.435. The summed E-state index contributed by atoms with van der Waals surface area (Å²) in [6.07, 6.45) is 1.15. The second-order valence-electron chi connectivity index (χ2n) is 7.13. The lowest BCUT2D eigenvalue weighted by Gasteiger charge is -2.20. The number of ether oxygens (including phenoxy) is 1. The van der Waals surface area contributed by atoms with Crippen molar-refractivity contribution in [3.05, 3.63) is 41.6 Å². The van der Waals surface area contributed by atoms with Gasteiger partial charge in [-0.1, -0.05) is 6.07 Å². The highest BCUT2D eigenvalue weighted by Gasteiger charge is 2.23. The van der Waals surface area contributed by atoms with Crippen LogP contribution in [-0.2, 0) is 6.54 Å². The summed E-state index contributed by atoms with van der Waals surface area (Å²) >= 11 is 0. The average Bonchev–Trinajstić information content (AvgIpc) is 3.31. The van der Waals surface area contributed by atoms with Crippen molar-refractivity contribution in [1.82, 2.24) is 15.6 Å². The van der Waals surface area contributed by atoms with E-state index < -0.39 is 0 Å². The third-order valence-electron chi connectivity index (χ3n) is 5.05. The number of methoxy groups -OCH3 is 1. The van der Waals surface area contributed by atoms with Gasteiger partial charge < -0.3 is 24.7 Å². The van der Waals surface area contributed by atoms with Crippen molar-refractivity contribution in [3.63, 3.8) is 0 Å². The zero-order valence-corrected chi connectivity index (χ0v) is 17.3. The summed E-state index contributed by atoms with van der Waals surface area (Å²) in [5, 5.41) is 6.76. The molecule has 2 N–H and O–H groups in total. The van der Waals surface area contributed by atoms with Crippen LogP contribution in [0.25, 0.3) is 0 Å². The number of hydrogen-bond donors (Lipinski definition) is 2. The Morgan fingerprint density at radius 3 is 2.93 bits per heavy atom. The van der Waals surface area contributed by atoms with E-state index in [1.807, 2.05) is 26.0 Å². The number of nitrogens with zero attached hydrogens (tertiary/aromatic N) is 3. The van der Waals surface area contributed by atoms with Gasteiger partial charge in [-0.15, -0.1) is 0 Å². The van der Waals surface area contributed by atoms with Gasteiger partial charge in [0.05, 0.1) is 12.8 Å². The van der Waals surface area contributed by atoms with E-state index in [0.717, 1.165) is 55.8 Å². The third kappa shape index (κ3) is 5.18. The Bertz CT molecular complexity index is 782. The molecule has 0 bridgehead atoms. The smallest absolute Gasteiger partial charge is 0.216 e. The molecule has 1 unspecified atom stereocenters. The standard InChI is InChI=1S/C21H31N5O2/c1-5-22-21(24-13-20-25-15(2)16(3)28-20)23-12-17-9-10-26(14-17)18-7-6-8-19(11-18)27-4/h6-8,11,17H,5,9-10,12-14H2,1-4H3,(H2,22,23,24). The lowest BCUT2D eigenvalue weighted by Crippen LogP contribution is -2.40. The Morgan fingerprint density at radius 1 is 1.36 bits per heavy atom. The Morgan fingerprint density at radius 2 is 2.21 bits per heavy atom. The molecule has 0 saturated carbocycles. The van der Waals surface area contributed by atoms with E-state index >= 15 is 0 Å². The molecule has 2 heterocycles. The molecule has 0 spiro atoms. The maximum Gasteiger partial charge on any atom is 0.216 e. The monoisotopic (exact) mass is 385 g/mol. The molecule has 1 aliphatic heterocycles. The number of aliphatic imine (C=N–C) groups is 1. The number of anilines is 1. The normalized spacial score (nSPS) is 17.1. The molecule has 2 aromatic rings. The second kappa shape index (κ2) is 9.48. The van der Waals surface area contributed by atoms with Crippen LogP contribution in [-0.4, -0.2) is 44.2 Å². The Kier molecular flexibility index (Phi) is 6.79. The van der Waals surface area contributed by atoms with Crippen LogP contribution in [0.2, 0.25) is 0 Å². The molecule has 1 aromatic heterocycles. The van der Waals surface area contributed by atoms with Crippen LogP contribution in [0.4, 0.5) is 5.69 Å². The highest BCUT2D eigenvalue weighted by molar-refractivity contribution is 5.79. The molecule has 152 valence electrons. The molecule has 28 heavy (non-hydrogen) atoms. The fraction of sp³-hybridized carbons (Fsp3) is 0.524. The average molecular weight is 386 g/mol. The third-order valence-corrected chi connectivity index (χ3v) is 5.05. The van der Waals surface area contributed by atoms with Crippen LogP contribution in [0.15, 0.2) is 33.7 Å². The van der Waals surface area contributed by atoms with Crippen LogP contribution < -0.4 is 20.3 Å². The van der Waals surface area contributed by atoms with Crippen molar-refractivity contribution in [2.24, 2.45) is 10.9 Å². The SMILES string of the molecule is CCNC(=NCc1nc(C)c(C)o1)NCC1CCN(c2cccc(OC)c2)C1. The van der Waals surface area contributed by atoms with Crippen molar-refractivity contribution < 1.29 is 9.15 Å². The number of hydrogen-bond acceptors (Lipinski definition) is 5. The first-order valence-electron chi connectivity index (χ1n) is 9.93. The molecule has 3 rings (SSSR count). The number of benzene rings is 1. The van der Waals surface area contributed by atoms with E-state index in [9.17, 15) is 0 Å². The van der Waals surface area contributed by atoms with Crippen molar-refractivity contribution >= 4 is 11.6 Å². The number of rotatable bonds is 7. The molecular formula is C21H31N5O2. The summed E-state index contributed by atoms with van der Waals surface area (Å²) < 4.78 is 11.0. The Hall–Kier alpha value is -2.70. The van der Waals surface area contributed by atoms with Gasteiger partial charge >= 0.3 is 0 Å². The second-order valence-corrected chi connectivity index (χ2v) is 7.13. The van der Waals surface area contributed by atoms with Gasteiger partial charge in [-0.3, -0.25) is 0 Å². The number of guanidine groups is 1. The van der Waals surface area contributed by atoms with E-state index in [4.69, 9.17) is 9.15 Å². The summed E-state index contributed by atoms with van der Waals surface area (Å²) in [5.41, 5.74) is 2.14. The topological polar surface area (TPSA) is 74.9 Å². The van der Waals surface area contributed by atoms with Crippen molar-refractivity contribution in [3.8, 4) is 5.75 Å². The Balaban J connectivity index is 1.53. The molecule has 1 aliphatic rings. The largest absolute Gasteiger partial charge is 0.497 e. The molecular weight excluding hydrogens is 354 g/mol. The summed E-state index contributed by atoms with van der Waals surface area (Å²) in [7, 11) is 1.71. The molecule has 0 radical (unpaired) electrons. The molecule has 0 aliphatic carbocycles. The van der Waals surface area contributed by atoms with E-state index in [2.05, 4.69) is 44.6 Å². The predicted octanol–water partition coefficient (Wildman–Crippen LogP) is 2.88. The number of aromatic nitrogens is 1. The van der Waals surface area contributed by atoms with Gasteiger partial charge in [-0.25, -0.2) is 9.98 Å². The van der Waals surface area contributed by atoms with E-state index in [0.29, 0.717) is 18.4 Å². The number of aryl methyl sites for hydroxylation is 2. The fourth-order valence-electron chi connectivity index (χ4n) is 3.38. The molecule has 7 nitrogen and oxygen atoms in total. The van der Waals surface area contributed by atoms with Crippen LogP contribution in [0.1, 0.15) is 30.7 Å². The van der Waals surface area contributed by atoms with Crippen LogP contribution in [0.5, 0.6) is 5.75 Å². The van der Waals surface area contributed by atoms with Crippen molar-refractivity contribution in [2.75, 3.05) is 38.2 Å². The first kappa shape index (κ1) is 20.0. The first-order chi connectivity index (χ1) is 13.6. The van der Waals surface area contributed by atoms with Crippen molar-refractivity contribution in [2.45, 2.75) is 33.7 Å². The van der Waals surface area contributed by atoms with E-state index in [1.54, 1.807) is 7.11 Å². The number of nitrogens with one attached hydrogen (secondary N) is 2. The van der Waals surface area contributed by atoms with Gasteiger partial charge in [0.15, 0.2) is 5.96 Å². The predicted molar refractivity (Wildman–Crippen MR) is 112 cm³/mol. The molecule has 1 atom stereocenters. The first-order valence-corrected chi connectivity index (χ1v) is 9.93. The summed E-state index contributed by atoms with van der Waals surface area (Å²) in [6, 6.07) is 8.27. The minimum atomic E-state index is 0.435. The Labute approximate surface area is 167 Å². The van der Waals surface area contributed by atoms with Gasteiger partial charge in [0.25, 0.3) is 0 Å². The summed E-state index contributed by atoms with van der Waals surface area (Å²) in [5.74, 6) is 3.78. The highest BCUT2D eigenvalue weighted by atomic mass is 16.5. The molecule has 1 fully saturated rings. The van der Waals surface area contributed by atoms with Crippen molar-refractivity contribution in [1.29, 1.82) is 0 Å². The van der Waals surface area contributed by atoms with E-state index in [-0.39, 0.29) is 0 Å². The molecule has 7 heteroatoms. The van der Waals surface area contributed by atoms with Crippen LogP contribution in [0, 0.1) is 19.8 Å². The lowest BCUT2D eigenvalue weighted by molar-refractivity contribution is 0.415. The molecule has 1 aromatic carbocycles. The zero-order valence-electron chi connectivity index (χ0n) is 17.3. The zero-order chi connectivity index (χ0) is 19.9. The lowest BCUT2D eigenvalue weighted by atomic mass is 10.1. The van der Waals surface area contributed by atoms with Gasteiger partial charge in [-0.2, -0.15) is 0 Å². The maximum atomic E-state index is 5.61. The van der Waals surface area contributed by atoms with Gasteiger partial charge in [0.2, 0.25) is 5.89 Å². The molecule has 0 amide bonds. The number of oxazole rings is 1. The fourth-order valence-corrected chi connectivity index (χ4v) is 3.38.